The highest BCUT2D eigenvalue weighted by Crippen LogP contribution is 2.29. The van der Waals surface area contributed by atoms with Crippen LogP contribution in [-0.2, 0) is 0 Å². The summed E-state index contributed by atoms with van der Waals surface area (Å²) in [6.07, 6.45) is 1.25. The van der Waals surface area contributed by atoms with Gasteiger partial charge < -0.3 is 4.74 Å². The largest absolute Gasteiger partial charge is 0.461 e. The molecular formula is C10H6Cl3NO2. The minimum atomic E-state index is -0.319. The summed E-state index contributed by atoms with van der Waals surface area (Å²) in [5.41, 5.74) is 0.372. The van der Waals surface area contributed by atoms with E-state index in [9.17, 15) is 4.79 Å². The van der Waals surface area contributed by atoms with E-state index in [-0.39, 0.29) is 17.1 Å². The molecule has 16 heavy (non-hydrogen) atoms. The number of hydrogen-bond acceptors (Lipinski definition) is 2. The third kappa shape index (κ3) is 1.98. The van der Waals surface area contributed by atoms with Crippen LogP contribution in [0.25, 0.3) is 0 Å². The van der Waals surface area contributed by atoms with E-state index in [0.29, 0.717) is 16.3 Å². The molecule has 1 amide bonds. The number of carbonyl (C=O) groups excluding carboxylic acids is 1. The van der Waals surface area contributed by atoms with Gasteiger partial charge in [-0.15, -0.1) is 11.6 Å². The molecule has 1 aromatic carbocycles. The lowest BCUT2D eigenvalue weighted by molar-refractivity contribution is 0.0838. The average Bonchev–Trinajstić information content (AvgIpc) is 2.37. The number of amides is 1. The van der Waals surface area contributed by atoms with Crippen LogP contribution in [0.5, 0.6) is 5.75 Å². The molecule has 0 aliphatic carbocycles. The molecule has 0 N–H and O–H groups in total. The van der Waals surface area contributed by atoms with Crippen LogP contribution in [0.15, 0.2) is 29.6 Å². The maximum Gasteiger partial charge on any atom is 0.263 e. The quantitative estimate of drug-likeness (QED) is 0.582. The summed E-state index contributed by atoms with van der Waals surface area (Å²) in [4.78, 5) is 13.2. The smallest absolute Gasteiger partial charge is 0.263 e. The van der Waals surface area contributed by atoms with Crippen molar-refractivity contribution < 1.29 is 9.53 Å². The van der Waals surface area contributed by atoms with Crippen molar-refractivity contribution in [3.05, 3.63) is 40.2 Å². The molecule has 0 spiro atoms. The normalized spacial score (nSPS) is 15.1. The van der Waals surface area contributed by atoms with Gasteiger partial charge >= 0.3 is 0 Å². The van der Waals surface area contributed by atoms with Crippen molar-refractivity contribution in [2.45, 2.75) is 0 Å². The molecule has 0 aromatic heterocycles. The van der Waals surface area contributed by atoms with Gasteiger partial charge in [0.05, 0.1) is 5.56 Å². The maximum atomic E-state index is 12.0. The van der Waals surface area contributed by atoms with Crippen LogP contribution in [0.1, 0.15) is 10.4 Å². The lowest BCUT2D eigenvalue weighted by Crippen LogP contribution is -2.26. The molecule has 1 aliphatic rings. The van der Waals surface area contributed by atoms with E-state index < -0.39 is 0 Å². The number of halogens is 3. The van der Waals surface area contributed by atoms with Crippen molar-refractivity contribution in [3.8, 4) is 5.75 Å². The lowest BCUT2D eigenvalue weighted by atomic mass is 10.2. The van der Waals surface area contributed by atoms with E-state index in [2.05, 4.69) is 0 Å². The van der Waals surface area contributed by atoms with Crippen molar-refractivity contribution in [1.29, 1.82) is 0 Å². The Balaban J connectivity index is 2.52. The minimum absolute atomic E-state index is 0.0421. The zero-order chi connectivity index (χ0) is 11.7. The fraction of sp³-hybridized carbons (Fsp3) is 0.100. The minimum Gasteiger partial charge on any atom is -0.461 e. The molecule has 0 unspecified atom stereocenters. The molecular weight excluding hydrogens is 272 g/mol. The molecule has 0 atom stereocenters. The summed E-state index contributed by atoms with van der Waals surface area (Å²) in [5.74, 6) is 0.0451. The maximum absolute atomic E-state index is 12.0. The Morgan fingerprint density at radius 1 is 1.31 bits per heavy atom. The van der Waals surface area contributed by atoms with Crippen molar-refractivity contribution in [2.24, 2.45) is 0 Å². The third-order valence-electron chi connectivity index (χ3n) is 2.08. The molecule has 1 aromatic rings. The van der Waals surface area contributed by atoms with Crippen LogP contribution < -0.4 is 4.74 Å². The monoisotopic (exact) mass is 277 g/mol. The van der Waals surface area contributed by atoms with Crippen molar-refractivity contribution in [1.82, 2.24) is 4.90 Å². The molecule has 0 saturated carbocycles. The molecule has 0 radical (unpaired) electrons. The van der Waals surface area contributed by atoms with Gasteiger partial charge in [-0.1, -0.05) is 23.2 Å². The molecule has 1 heterocycles. The second-order valence-electron chi connectivity index (χ2n) is 3.05. The first-order chi connectivity index (χ1) is 7.63. The fourth-order valence-electron chi connectivity index (χ4n) is 1.30. The Morgan fingerprint density at radius 2 is 2.06 bits per heavy atom. The van der Waals surface area contributed by atoms with Gasteiger partial charge in [-0.3, -0.25) is 9.69 Å². The summed E-state index contributed by atoms with van der Waals surface area (Å²) >= 11 is 17.3. The Hall–Kier alpha value is -0.900. The highest BCUT2D eigenvalue weighted by atomic mass is 35.5. The van der Waals surface area contributed by atoms with E-state index >= 15 is 0 Å². The van der Waals surface area contributed by atoms with Crippen LogP contribution in [0.4, 0.5) is 0 Å². The van der Waals surface area contributed by atoms with Crippen molar-refractivity contribution in [2.75, 3.05) is 6.00 Å². The summed E-state index contributed by atoms with van der Waals surface area (Å²) in [7, 11) is 0. The molecule has 0 bridgehead atoms. The van der Waals surface area contributed by atoms with Gasteiger partial charge in [0.25, 0.3) is 5.91 Å². The second kappa shape index (κ2) is 4.53. The van der Waals surface area contributed by atoms with Crippen molar-refractivity contribution >= 4 is 40.7 Å². The van der Waals surface area contributed by atoms with E-state index in [0.717, 1.165) is 0 Å². The summed E-state index contributed by atoms with van der Waals surface area (Å²) in [6, 6.07) is 4.68. The SMILES string of the molecule is O=C1c2ccc(Cl)cc2OC=C(Cl)N1CCl. The summed E-state index contributed by atoms with van der Waals surface area (Å²) < 4.78 is 5.24. The predicted molar refractivity (Wildman–Crippen MR) is 62.9 cm³/mol. The Bertz CT molecular complexity index is 473. The van der Waals surface area contributed by atoms with Gasteiger partial charge in [0.1, 0.15) is 23.2 Å². The Labute approximate surface area is 107 Å². The number of rotatable bonds is 1. The van der Waals surface area contributed by atoms with Gasteiger partial charge in [-0.25, -0.2) is 0 Å². The number of nitrogens with zero attached hydrogens (tertiary/aromatic N) is 1. The zero-order valence-corrected chi connectivity index (χ0v) is 10.2. The first-order valence-electron chi connectivity index (χ1n) is 4.33. The summed E-state index contributed by atoms with van der Waals surface area (Å²) in [6.45, 7) is 0. The van der Waals surface area contributed by atoms with Gasteiger partial charge in [-0.2, -0.15) is 0 Å². The van der Waals surface area contributed by atoms with E-state index in [1.807, 2.05) is 0 Å². The van der Waals surface area contributed by atoms with Crippen LogP contribution in [0, 0.1) is 0 Å². The van der Waals surface area contributed by atoms with Crippen LogP contribution in [0.2, 0.25) is 5.02 Å². The molecule has 3 nitrogen and oxygen atoms in total. The van der Waals surface area contributed by atoms with Gasteiger partial charge in [-0.05, 0) is 12.1 Å². The highest BCUT2D eigenvalue weighted by molar-refractivity contribution is 6.32. The molecule has 6 heteroatoms. The van der Waals surface area contributed by atoms with Crippen molar-refractivity contribution in [3.63, 3.8) is 0 Å². The number of alkyl halides is 1. The Morgan fingerprint density at radius 3 is 2.75 bits per heavy atom. The molecule has 84 valence electrons. The van der Waals surface area contributed by atoms with E-state index in [1.165, 1.54) is 11.2 Å². The molecule has 0 fully saturated rings. The first-order valence-corrected chi connectivity index (χ1v) is 5.62. The topological polar surface area (TPSA) is 29.5 Å². The third-order valence-corrected chi connectivity index (χ3v) is 2.85. The standard InChI is InChI=1S/C10H6Cl3NO2/c11-5-14-9(13)4-16-8-3-6(12)1-2-7(8)10(14)15/h1-4H,5H2. The molecule has 2 rings (SSSR count). The van der Waals surface area contributed by atoms with Crippen LogP contribution >= 0.6 is 34.8 Å². The number of ether oxygens (including phenoxy) is 1. The number of carbonyl (C=O) groups is 1. The number of benzene rings is 1. The number of hydrogen-bond donors (Lipinski definition) is 0. The van der Waals surface area contributed by atoms with Gasteiger partial charge in [0.15, 0.2) is 0 Å². The van der Waals surface area contributed by atoms with Crippen LogP contribution in [-0.4, -0.2) is 16.8 Å². The van der Waals surface area contributed by atoms with Gasteiger partial charge in [0.2, 0.25) is 0 Å². The lowest BCUT2D eigenvalue weighted by Gasteiger charge is -2.15. The van der Waals surface area contributed by atoms with E-state index in [4.69, 9.17) is 39.5 Å². The molecule has 0 saturated heterocycles. The highest BCUT2D eigenvalue weighted by Gasteiger charge is 2.24. The fourth-order valence-corrected chi connectivity index (χ4v) is 1.94. The average molecular weight is 279 g/mol. The summed E-state index contributed by atoms with van der Waals surface area (Å²) in [5, 5.41) is 0.614. The zero-order valence-electron chi connectivity index (χ0n) is 7.91. The predicted octanol–water partition coefficient (Wildman–Crippen LogP) is 3.41. The second-order valence-corrected chi connectivity index (χ2v) is 4.11. The van der Waals surface area contributed by atoms with Crippen LogP contribution in [0.3, 0.4) is 0 Å². The van der Waals surface area contributed by atoms with Gasteiger partial charge in [0, 0.05) is 11.1 Å². The van der Waals surface area contributed by atoms with E-state index in [1.54, 1.807) is 18.2 Å². The first kappa shape index (κ1) is 11.6. The number of fused-ring (bicyclic) bond motifs is 1. The molecule has 1 aliphatic heterocycles. The Kier molecular flexibility index (Phi) is 3.28.